The molecule has 1 saturated carbocycles. The second-order valence-corrected chi connectivity index (χ2v) is 10.9. The zero-order valence-corrected chi connectivity index (χ0v) is 20.8. The van der Waals surface area contributed by atoms with Crippen LogP contribution >= 0.6 is 0 Å². The van der Waals surface area contributed by atoms with Crippen molar-refractivity contribution in [2.45, 2.75) is 83.2 Å². The molecule has 0 aromatic heterocycles. The van der Waals surface area contributed by atoms with Crippen LogP contribution < -0.4 is 15.5 Å². The fourth-order valence-corrected chi connectivity index (χ4v) is 5.08. The summed E-state index contributed by atoms with van der Waals surface area (Å²) in [5.74, 6) is -1.18. The Morgan fingerprint density at radius 2 is 1.49 bits per heavy atom. The zero-order chi connectivity index (χ0) is 25.2. The van der Waals surface area contributed by atoms with E-state index in [1.165, 1.54) is 0 Å². The van der Waals surface area contributed by atoms with E-state index in [-0.39, 0.29) is 25.0 Å². The first-order chi connectivity index (χ1) is 16.5. The predicted molar refractivity (Wildman–Crippen MR) is 134 cm³/mol. The Bertz CT molecular complexity index is 1020. The molecule has 2 fully saturated rings. The number of hydrogen-bond acceptors (Lipinski definition) is 4. The molecule has 2 aromatic carbocycles. The smallest absolute Gasteiger partial charge is 0.407 e. The number of benzene rings is 2. The van der Waals surface area contributed by atoms with Crippen molar-refractivity contribution in [3.63, 3.8) is 0 Å². The van der Waals surface area contributed by atoms with Gasteiger partial charge in [0, 0.05) is 36.5 Å². The maximum absolute atomic E-state index is 13.0. The Morgan fingerprint density at radius 1 is 0.886 bits per heavy atom. The van der Waals surface area contributed by atoms with Crippen LogP contribution in [0.1, 0.15) is 59.3 Å². The number of hydrogen-bond donors (Lipinski definition) is 2. The molecule has 1 aliphatic heterocycles. The Kier molecular flexibility index (Phi) is 7.38. The van der Waals surface area contributed by atoms with Gasteiger partial charge in [-0.2, -0.15) is 13.2 Å². The fraction of sp³-hybridized carbons (Fsp3) is 0.593. The van der Waals surface area contributed by atoms with Crippen LogP contribution in [-0.4, -0.2) is 43.0 Å². The number of alkyl carbamates (subject to hydrolysis) is 1. The van der Waals surface area contributed by atoms with E-state index in [2.05, 4.69) is 39.8 Å². The molecule has 0 radical (unpaired) electrons. The summed E-state index contributed by atoms with van der Waals surface area (Å²) in [4.78, 5) is 14.1. The highest BCUT2D eigenvalue weighted by Crippen LogP contribution is 2.36. The number of rotatable bonds is 4. The predicted octanol–water partition coefficient (Wildman–Crippen LogP) is 6.87. The second kappa shape index (κ2) is 10.2. The molecule has 2 aromatic rings. The standard InChI is InChI=1S/C27H36F3N3O2/c1-26(2,3)35-25(34)32-22-9-7-21(8-10-22)31-23-6-4-19-17-24(11-5-18(19)16-23)33-14-12-20(13-15-33)27(28,29)30/h4-6,11,16-17,20-22,31H,7-10,12-15H2,1-3H3,(H,32,34). The minimum atomic E-state index is -4.09. The van der Waals surface area contributed by atoms with Gasteiger partial charge < -0.3 is 20.3 Å². The van der Waals surface area contributed by atoms with E-state index >= 15 is 0 Å². The summed E-state index contributed by atoms with van der Waals surface area (Å²) in [7, 11) is 0. The summed E-state index contributed by atoms with van der Waals surface area (Å²) in [5.41, 5.74) is 1.54. The Hall–Kier alpha value is -2.64. The highest BCUT2D eigenvalue weighted by molar-refractivity contribution is 5.88. The summed E-state index contributed by atoms with van der Waals surface area (Å²) in [5, 5.41) is 8.78. The van der Waals surface area contributed by atoms with Gasteiger partial charge in [0.15, 0.2) is 0 Å². The number of amides is 1. The van der Waals surface area contributed by atoms with E-state index in [1.54, 1.807) is 0 Å². The lowest BCUT2D eigenvalue weighted by Crippen LogP contribution is -2.42. The van der Waals surface area contributed by atoms with Gasteiger partial charge >= 0.3 is 12.3 Å². The zero-order valence-electron chi connectivity index (χ0n) is 20.8. The van der Waals surface area contributed by atoms with Gasteiger partial charge in [0.05, 0.1) is 5.92 Å². The van der Waals surface area contributed by atoms with E-state index in [4.69, 9.17) is 4.74 Å². The minimum Gasteiger partial charge on any atom is -0.444 e. The topological polar surface area (TPSA) is 53.6 Å². The van der Waals surface area contributed by atoms with Gasteiger partial charge in [-0.1, -0.05) is 12.1 Å². The number of halogens is 3. The maximum atomic E-state index is 13.0. The Morgan fingerprint density at radius 3 is 2.11 bits per heavy atom. The van der Waals surface area contributed by atoms with Crippen molar-refractivity contribution < 1.29 is 22.7 Å². The van der Waals surface area contributed by atoms with Crippen LogP contribution in [0.5, 0.6) is 0 Å². The van der Waals surface area contributed by atoms with Crippen LogP contribution in [0.25, 0.3) is 10.8 Å². The van der Waals surface area contributed by atoms with Crippen LogP contribution in [-0.2, 0) is 4.74 Å². The van der Waals surface area contributed by atoms with Crippen molar-refractivity contribution in [1.82, 2.24) is 5.32 Å². The van der Waals surface area contributed by atoms with Crippen LogP contribution in [0.2, 0.25) is 0 Å². The van der Waals surface area contributed by atoms with Crippen molar-refractivity contribution in [1.29, 1.82) is 0 Å². The first-order valence-corrected chi connectivity index (χ1v) is 12.6. The lowest BCUT2D eigenvalue weighted by Gasteiger charge is -2.34. The number of nitrogens with one attached hydrogen (secondary N) is 2. The summed E-state index contributed by atoms with van der Waals surface area (Å²) < 4.78 is 44.2. The molecular formula is C27H36F3N3O2. The number of carbonyl (C=O) groups is 1. The molecule has 1 amide bonds. The number of ether oxygens (including phenoxy) is 1. The lowest BCUT2D eigenvalue weighted by atomic mass is 9.91. The monoisotopic (exact) mass is 491 g/mol. The van der Waals surface area contributed by atoms with Crippen molar-refractivity contribution in [2.24, 2.45) is 5.92 Å². The molecule has 2 aliphatic rings. The number of piperidine rings is 1. The van der Waals surface area contributed by atoms with E-state index in [1.807, 2.05) is 32.9 Å². The number of nitrogens with zero attached hydrogens (tertiary/aromatic N) is 1. The van der Waals surface area contributed by atoms with Crippen LogP contribution in [0.3, 0.4) is 0 Å². The summed E-state index contributed by atoms with van der Waals surface area (Å²) in [6, 6.07) is 12.9. The Balaban J connectivity index is 1.29. The lowest BCUT2D eigenvalue weighted by molar-refractivity contribution is -0.179. The molecule has 0 bridgehead atoms. The Labute approximate surface area is 205 Å². The van der Waals surface area contributed by atoms with Crippen LogP contribution in [0, 0.1) is 5.92 Å². The highest BCUT2D eigenvalue weighted by Gasteiger charge is 2.41. The van der Waals surface area contributed by atoms with Gasteiger partial charge in [-0.15, -0.1) is 0 Å². The van der Waals surface area contributed by atoms with Gasteiger partial charge in [-0.25, -0.2) is 4.79 Å². The highest BCUT2D eigenvalue weighted by atomic mass is 19.4. The number of carbonyl (C=O) groups excluding carboxylic acids is 1. The SMILES string of the molecule is CC(C)(C)OC(=O)NC1CCC(Nc2ccc3cc(N4CCC(C(F)(F)F)CC4)ccc3c2)CC1. The third-order valence-electron chi connectivity index (χ3n) is 6.97. The van der Waals surface area contributed by atoms with E-state index in [0.29, 0.717) is 19.1 Å². The molecule has 8 heteroatoms. The molecule has 35 heavy (non-hydrogen) atoms. The fourth-order valence-electron chi connectivity index (χ4n) is 5.08. The van der Waals surface area contributed by atoms with Gasteiger partial charge in [0.25, 0.3) is 0 Å². The normalized spacial score (nSPS) is 22.2. The average molecular weight is 492 g/mol. The third-order valence-corrected chi connectivity index (χ3v) is 6.97. The quantitative estimate of drug-likeness (QED) is 0.490. The van der Waals surface area contributed by atoms with Crippen molar-refractivity contribution in [3.8, 4) is 0 Å². The molecule has 1 saturated heterocycles. The molecule has 0 spiro atoms. The molecule has 2 N–H and O–H groups in total. The van der Waals surface area contributed by atoms with Gasteiger partial charge in [-0.3, -0.25) is 0 Å². The molecule has 4 rings (SSSR count). The summed E-state index contributed by atoms with van der Waals surface area (Å²) >= 11 is 0. The minimum absolute atomic E-state index is 0.138. The third kappa shape index (κ3) is 6.95. The first-order valence-electron chi connectivity index (χ1n) is 12.6. The molecule has 0 unspecified atom stereocenters. The molecule has 1 heterocycles. The van der Waals surface area contributed by atoms with Gasteiger partial charge in [0.2, 0.25) is 0 Å². The van der Waals surface area contributed by atoms with Crippen molar-refractivity contribution in [3.05, 3.63) is 36.4 Å². The number of anilines is 2. The molecule has 192 valence electrons. The van der Waals surface area contributed by atoms with E-state index in [0.717, 1.165) is 47.8 Å². The second-order valence-electron chi connectivity index (χ2n) is 10.9. The molecular weight excluding hydrogens is 455 g/mol. The summed E-state index contributed by atoms with van der Waals surface area (Å²) in [6.45, 7) is 6.44. The van der Waals surface area contributed by atoms with E-state index in [9.17, 15) is 18.0 Å². The number of fused-ring (bicyclic) bond motifs is 1. The van der Waals surface area contributed by atoms with Crippen molar-refractivity contribution in [2.75, 3.05) is 23.3 Å². The first kappa shape index (κ1) is 25.5. The van der Waals surface area contributed by atoms with E-state index < -0.39 is 17.7 Å². The van der Waals surface area contributed by atoms with Crippen LogP contribution in [0.4, 0.5) is 29.3 Å². The molecule has 5 nitrogen and oxygen atoms in total. The van der Waals surface area contributed by atoms with Crippen molar-refractivity contribution >= 4 is 28.2 Å². The number of alkyl halides is 3. The summed E-state index contributed by atoms with van der Waals surface area (Å²) in [6.07, 6.45) is -0.409. The van der Waals surface area contributed by atoms with Gasteiger partial charge in [0.1, 0.15) is 5.60 Å². The van der Waals surface area contributed by atoms with Gasteiger partial charge in [-0.05, 0) is 94.3 Å². The average Bonchev–Trinajstić information content (AvgIpc) is 2.78. The maximum Gasteiger partial charge on any atom is 0.407 e. The molecule has 1 aliphatic carbocycles. The van der Waals surface area contributed by atoms with Crippen LogP contribution in [0.15, 0.2) is 36.4 Å². The molecule has 0 atom stereocenters. The largest absolute Gasteiger partial charge is 0.444 e.